The number of aromatic nitrogens is 4. The maximum Gasteiger partial charge on any atom is 0.129 e. The molecular formula is C25H20N4OS. The Morgan fingerprint density at radius 3 is 2.39 bits per heavy atom. The van der Waals surface area contributed by atoms with E-state index in [4.69, 9.17) is 9.84 Å². The fraction of sp³-hybridized carbons (Fsp3) is 0.0800. The van der Waals surface area contributed by atoms with Crippen molar-refractivity contribution < 1.29 is 4.74 Å². The van der Waals surface area contributed by atoms with Gasteiger partial charge in [-0.05, 0) is 55.8 Å². The third-order valence-electron chi connectivity index (χ3n) is 5.07. The molecule has 0 spiro atoms. The second-order valence-corrected chi connectivity index (χ2v) is 8.05. The summed E-state index contributed by atoms with van der Waals surface area (Å²) in [6.45, 7) is 4.12. The quantitative estimate of drug-likeness (QED) is 0.325. The largest absolute Gasteiger partial charge is 0.457 e. The first-order valence-electron chi connectivity index (χ1n) is 9.94. The molecule has 0 amide bonds. The van der Waals surface area contributed by atoms with Crippen LogP contribution in [0.5, 0.6) is 11.5 Å². The maximum absolute atomic E-state index is 6.17. The van der Waals surface area contributed by atoms with Crippen LogP contribution in [0.4, 0.5) is 0 Å². The zero-order chi connectivity index (χ0) is 21.2. The molecule has 5 rings (SSSR count). The van der Waals surface area contributed by atoms with E-state index in [1.807, 2.05) is 83.8 Å². The normalized spacial score (nSPS) is 10.9. The van der Waals surface area contributed by atoms with E-state index in [1.165, 1.54) is 0 Å². The predicted molar refractivity (Wildman–Crippen MR) is 124 cm³/mol. The van der Waals surface area contributed by atoms with E-state index in [0.29, 0.717) is 0 Å². The van der Waals surface area contributed by atoms with Gasteiger partial charge in [0.15, 0.2) is 0 Å². The van der Waals surface area contributed by atoms with Gasteiger partial charge >= 0.3 is 0 Å². The zero-order valence-corrected chi connectivity index (χ0v) is 18.0. The molecule has 31 heavy (non-hydrogen) atoms. The maximum atomic E-state index is 6.17. The number of ether oxygens (including phenoxy) is 1. The molecule has 2 aromatic carbocycles. The van der Waals surface area contributed by atoms with Crippen molar-refractivity contribution >= 4 is 11.3 Å². The second-order valence-electron chi connectivity index (χ2n) is 7.16. The van der Waals surface area contributed by atoms with E-state index in [9.17, 15) is 0 Å². The summed E-state index contributed by atoms with van der Waals surface area (Å²) in [7, 11) is 0. The number of pyridine rings is 1. The van der Waals surface area contributed by atoms with E-state index in [1.54, 1.807) is 23.7 Å². The number of benzene rings is 2. The van der Waals surface area contributed by atoms with Gasteiger partial charge in [-0.1, -0.05) is 18.2 Å². The molecule has 0 radical (unpaired) electrons. The Balaban J connectivity index is 1.46. The van der Waals surface area contributed by atoms with E-state index < -0.39 is 0 Å². The molecule has 0 unspecified atom stereocenters. The third-order valence-corrected chi connectivity index (χ3v) is 5.89. The van der Waals surface area contributed by atoms with Gasteiger partial charge < -0.3 is 4.74 Å². The van der Waals surface area contributed by atoms with Crippen molar-refractivity contribution in [2.24, 2.45) is 0 Å². The standard InChI is InChI=1S/C25H20N4OS/c1-17-24(19-9-11-26-12-10-19)18(2)29(28-17)21-6-4-8-23(16-21)30-22-7-3-5-20(15-22)25-27-13-14-31-25/h3-16H,1-2H3. The highest BCUT2D eigenvalue weighted by Crippen LogP contribution is 2.31. The van der Waals surface area contributed by atoms with Crippen LogP contribution in [0.2, 0.25) is 0 Å². The molecule has 0 saturated heterocycles. The number of rotatable bonds is 5. The van der Waals surface area contributed by atoms with Crippen LogP contribution in [-0.2, 0) is 0 Å². The first-order valence-corrected chi connectivity index (χ1v) is 10.8. The molecule has 5 nitrogen and oxygen atoms in total. The summed E-state index contributed by atoms with van der Waals surface area (Å²) in [4.78, 5) is 8.50. The summed E-state index contributed by atoms with van der Waals surface area (Å²) < 4.78 is 8.13. The van der Waals surface area contributed by atoms with Crippen LogP contribution in [0.15, 0.2) is 84.6 Å². The number of thiazole rings is 1. The fourth-order valence-corrected chi connectivity index (χ4v) is 4.34. The van der Waals surface area contributed by atoms with Gasteiger partial charge in [-0.3, -0.25) is 4.98 Å². The Morgan fingerprint density at radius 1 is 0.839 bits per heavy atom. The van der Waals surface area contributed by atoms with Crippen molar-refractivity contribution in [1.29, 1.82) is 0 Å². The Hall–Kier alpha value is -3.77. The van der Waals surface area contributed by atoms with Gasteiger partial charge in [0.2, 0.25) is 0 Å². The smallest absolute Gasteiger partial charge is 0.129 e. The molecule has 0 aliphatic carbocycles. The molecule has 152 valence electrons. The van der Waals surface area contributed by atoms with Crippen LogP contribution in [0.3, 0.4) is 0 Å². The first kappa shape index (κ1) is 19.2. The van der Waals surface area contributed by atoms with Crippen LogP contribution >= 0.6 is 11.3 Å². The van der Waals surface area contributed by atoms with Gasteiger partial charge in [-0.15, -0.1) is 11.3 Å². The average Bonchev–Trinajstić information content (AvgIpc) is 3.43. The highest BCUT2D eigenvalue weighted by Gasteiger charge is 2.15. The van der Waals surface area contributed by atoms with Crippen molar-refractivity contribution in [2.45, 2.75) is 13.8 Å². The predicted octanol–water partition coefficient (Wildman–Crippen LogP) is 6.47. The number of nitrogens with zero attached hydrogens (tertiary/aromatic N) is 4. The lowest BCUT2D eigenvalue weighted by molar-refractivity contribution is 0.482. The number of hydrogen-bond acceptors (Lipinski definition) is 5. The van der Waals surface area contributed by atoms with Gasteiger partial charge in [0.05, 0.1) is 11.4 Å². The van der Waals surface area contributed by atoms with Crippen LogP contribution in [0.25, 0.3) is 27.4 Å². The topological polar surface area (TPSA) is 52.8 Å². The summed E-state index contributed by atoms with van der Waals surface area (Å²) in [5, 5.41) is 7.74. The van der Waals surface area contributed by atoms with Crippen LogP contribution in [-0.4, -0.2) is 19.7 Å². The molecule has 3 heterocycles. The van der Waals surface area contributed by atoms with E-state index in [-0.39, 0.29) is 0 Å². The molecule has 6 heteroatoms. The lowest BCUT2D eigenvalue weighted by atomic mass is 10.1. The van der Waals surface area contributed by atoms with Crippen LogP contribution < -0.4 is 4.74 Å². The van der Waals surface area contributed by atoms with E-state index >= 15 is 0 Å². The Morgan fingerprint density at radius 2 is 1.61 bits per heavy atom. The van der Waals surface area contributed by atoms with Gasteiger partial charge in [-0.25, -0.2) is 9.67 Å². The molecule has 0 aliphatic rings. The number of hydrogen-bond donors (Lipinski definition) is 0. The lowest BCUT2D eigenvalue weighted by Crippen LogP contribution is -1.99. The SMILES string of the molecule is Cc1nn(-c2cccc(Oc3cccc(-c4nccs4)c3)c2)c(C)c1-c1ccncc1. The van der Waals surface area contributed by atoms with Crippen molar-refractivity contribution in [2.75, 3.05) is 0 Å². The molecule has 0 fully saturated rings. The molecule has 0 saturated carbocycles. The van der Waals surface area contributed by atoms with E-state index in [0.717, 1.165) is 50.3 Å². The van der Waals surface area contributed by atoms with Crippen molar-refractivity contribution in [3.8, 4) is 38.9 Å². The first-order chi connectivity index (χ1) is 15.2. The van der Waals surface area contributed by atoms with Gasteiger partial charge in [0.1, 0.15) is 16.5 Å². The summed E-state index contributed by atoms with van der Waals surface area (Å²) >= 11 is 1.61. The summed E-state index contributed by atoms with van der Waals surface area (Å²) in [5.74, 6) is 1.53. The Kier molecular flexibility index (Phi) is 5.06. The van der Waals surface area contributed by atoms with Crippen molar-refractivity contribution in [3.63, 3.8) is 0 Å². The zero-order valence-electron chi connectivity index (χ0n) is 17.2. The summed E-state index contributed by atoms with van der Waals surface area (Å²) in [6.07, 6.45) is 5.42. The van der Waals surface area contributed by atoms with Crippen molar-refractivity contribution in [3.05, 3.63) is 96.0 Å². The summed E-state index contributed by atoms with van der Waals surface area (Å²) in [5.41, 5.74) is 6.30. The molecule has 0 N–H and O–H groups in total. The lowest BCUT2D eigenvalue weighted by Gasteiger charge is -2.10. The van der Waals surface area contributed by atoms with Gasteiger partial charge in [0, 0.05) is 46.9 Å². The monoisotopic (exact) mass is 424 g/mol. The fourth-order valence-electron chi connectivity index (χ4n) is 3.70. The number of aryl methyl sites for hydroxylation is 1. The summed E-state index contributed by atoms with van der Waals surface area (Å²) in [6, 6.07) is 20.0. The molecular weight excluding hydrogens is 404 g/mol. The van der Waals surface area contributed by atoms with Crippen molar-refractivity contribution in [1.82, 2.24) is 19.7 Å². The van der Waals surface area contributed by atoms with Gasteiger partial charge in [-0.2, -0.15) is 5.10 Å². The average molecular weight is 425 g/mol. The highest BCUT2D eigenvalue weighted by atomic mass is 32.1. The third kappa shape index (κ3) is 3.85. The molecule has 0 aliphatic heterocycles. The highest BCUT2D eigenvalue weighted by molar-refractivity contribution is 7.13. The molecule has 0 bridgehead atoms. The Bertz CT molecular complexity index is 1330. The minimum absolute atomic E-state index is 0.756. The van der Waals surface area contributed by atoms with Crippen LogP contribution in [0, 0.1) is 13.8 Å². The molecule has 0 atom stereocenters. The van der Waals surface area contributed by atoms with Crippen LogP contribution in [0.1, 0.15) is 11.4 Å². The van der Waals surface area contributed by atoms with Gasteiger partial charge in [0.25, 0.3) is 0 Å². The Labute approximate surface area is 184 Å². The minimum atomic E-state index is 0.756. The minimum Gasteiger partial charge on any atom is -0.457 e. The molecule has 5 aromatic rings. The second kappa shape index (κ2) is 8.16. The van der Waals surface area contributed by atoms with E-state index in [2.05, 4.69) is 16.9 Å². The molecule has 3 aromatic heterocycles.